The number of hydrogen-bond acceptors (Lipinski definition) is 12. The largest absolute Gasteiger partial charge is 0.615 e. The number of fused-ring (bicyclic) bond motifs is 3. The van der Waals surface area contributed by atoms with E-state index in [1.807, 2.05) is 0 Å². The summed E-state index contributed by atoms with van der Waals surface area (Å²) in [6, 6.07) is 0. The van der Waals surface area contributed by atoms with E-state index in [1.165, 1.54) is 13.8 Å². The molecule has 0 unspecified atom stereocenters. The van der Waals surface area contributed by atoms with Crippen molar-refractivity contribution in [3.05, 3.63) is 10.0 Å². The lowest BCUT2D eigenvalue weighted by Gasteiger charge is -2.56. The topological polar surface area (TPSA) is 234 Å². The van der Waals surface area contributed by atoms with Crippen LogP contribution in [0.2, 0.25) is 4.34 Å². The van der Waals surface area contributed by atoms with E-state index in [-0.39, 0.29) is 27.3 Å². The summed E-state index contributed by atoms with van der Waals surface area (Å²) >= 11 is 5.17. The van der Waals surface area contributed by atoms with Gasteiger partial charge in [-0.3, -0.25) is 14.4 Å². The van der Waals surface area contributed by atoms with Crippen molar-refractivity contribution in [2.75, 3.05) is 18.0 Å². The summed E-state index contributed by atoms with van der Waals surface area (Å²) in [5.74, 6) is -7.76. The van der Waals surface area contributed by atoms with Crippen LogP contribution in [0.4, 0.5) is 5.13 Å². The number of β-lactam (4-membered cyclic amide) rings is 1. The number of anilines is 1. The fourth-order valence-electron chi connectivity index (χ4n) is 4.18. The number of carboxylic acids is 2. The van der Waals surface area contributed by atoms with Gasteiger partial charge >= 0.3 is 17.9 Å². The number of rotatable bonds is 8. The summed E-state index contributed by atoms with van der Waals surface area (Å²) in [6.07, 6.45) is -0.292. The van der Waals surface area contributed by atoms with Crippen molar-refractivity contribution in [1.82, 2.24) is 15.2 Å². The first-order valence-corrected chi connectivity index (χ1v) is 13.1. The molecule has 37 heavy (non-hydrogen) atoms. The van der Waals surface area contributed by atoms with Crippen LogP contribution in [0.3, 0.4) is 0 Å². The number of oxime groups is 1. The van der Waals surface area contributed by atoms with E-state index in [4.69, 9.17) is 26.9 Å². The molecular weight excluding hydrogens is 558 g/mol. The molecule has 1 aromatic heterocycles. The number of aromatic nitrogens is 1. The Morgan fingerprint density at radius 3 is 2.68 bits per heavy atom. The van der Waals surface area contributed by atoms with E-state index in [0.717, 1.165) is 16.2 Å². The van der Waals surface area contributed by atoms with Crippen molar-refractivity contribution in [1.29, 1.82) is 0 Å². The molecule has 5 atom stereocenters. The van der Waals surface area contributed by atoms with Gasteiger partial charge in [0.1, 0.15) is 21.7 Å². The molecule has 0 spiro atoms. The summed E-state index contributed by atoms with van der Waals surface area (Å²) in [4.78, 5) is 71.0. The van der Waals surface area contributed by atoms with Crippen molar-refractivity contribution < 1.29 is 48.3 Å². The minimum Gasteiger partial charge on any atom is -0.615 e. The third-order valence-electron chi connectivity index (χ3n) is 6.09. The highest BCUT2D eigenvalue weighted by atomic mass is 35.5. The number of nitrogen functional groups attached to an aromatic ring is 1. The molecular formula is C19H20ClN5O10S2. The van der Waals surface area contributed by atoms with Gasteiger partial charge in [-0.25, -0.2) is 19.5 Å². The number of aliphatic carboxylic acids is 2. The second-order valence-electron chi connectivity index (χ2n) is 8.86. The van der Waals surface area contributed by atoms with Crippen molar-refractivity contribution in [3.8, 4) is 0 Å². The van der Waals surface area contributed by atoms with Crippen LogP contribution in [0.25, 0.3) is 0 Å². The number of nitrogens with two attached hydrogens (primary N) is 1. The number of amides is 2. The summed E-state index contributed by atoms with van der Waals surface area (Å²) < 4.78 is 17.9. The Balaban J connectivity index is 1.55. The lowest BCUT2D eigenvalue weighted by atomic mass is 9.86. The molecule has 0 saturated carbocycles. The van der Waals surface area contributed by atoms with E-state index in [0.29, 0.717) is 0 Å². The molecule has 5 N–H and O–H groups in total. The Labute approximate surface area is 220 Å². The van der Waals surface area contributed by atoms with Gasteiger partial charge < -0.3 is 35.4 Å². The summed E-state index contributed by atoms with van der Waals surface area (Å²) in [7, 11) is 0. The van der Waals surface area contributed by atoms with Crippen LogP contribution in [0.1, 0.15) is 26.0 Å². The van der Waals surface area contributed by atoms with Crippen molar-refractivity contribution in [2.45, 2.75) is 37.0 Å². The minimum absolute atomic E-state index is 0.0138. The van der Waals surface area contributed by atoms with Crippen LogP contribution >= 0.6 is 22.9 Å². The van der Waals surface area contributed by atoms with E-state index in [9.17, 15) is 38.7 Å². The zero-order valence-corrected chi connectivity index (χ0v) is 21.5. The summed E-state index contributed by atoms with van der Waals surface area (Å²) in [6.45, 7) is 1.97. The number of carbonyl (C=O) groups excluding carboxylic acids is 3. The molecule has 1 aromatic rings. The van der Waals surface area contributed by atoms with Gasteiger partial charge in [-0.1, -0.05) is 28.1 Å². The maximum absolute atomic E-state index is 13.0. The second-order valence-corrected chi connectivity index (χ2v) is 12.1. The van der Waals surface area contributed by atoms with Gasteiger partial charge in [0.25, 0.3) is 11.6 Å². The molecule has 3 saturated heterocycles. The SMILES string of the molecule is CC(C)(O/N=C(\C(=O)NC[C@@H]1C(=O)N2[C@@H]1[S@@+]([O-])C[C@@H]1CC(=O)O[C@@]12C(=O)O)c1nc(N)sc1Cl)C(=O)O. The number of carbonyl (C=O) groups is 5. The van der Waals surface area contributed by atoms with Crippen molar-refractivity contribution in [2.24, 2.45) is 17.0 Å². The summed E-state index contributed by atoms with van der Waals surface area (Å²) in [5.41, 5.74) is 0.819. The van der Waals surface area contributed by atoms with Crippen LogP contribution < -0.4 is 11.1 Å². The Bertz CT molecular complexity index is 1240. The molecule has 15 nitrogen and oxygen atoms in total. The smallest absolute Gasteiger partial charge is 0.371 e. The number of carboxylic acid groups (broad SMARTS) is 2. The van der Waals surface area contributed by atoms with E-state index < -0.39 is 81.7 Å². The number of hydrogen-bond donors (Lipinski definition) is 4. The van der Waals surface area contributed by atoms with Crippen LogP contribution in [0.15, 0.2) is 5.16 Å². The number of esters is 1. The second kappa shape index (κ2) is 9.30. The Morgan fingerprint density at radius 2 is 2.11 bits per heavy atom. The van der Waals surface area contributed by atoms with Crippen molar-refractivity contribution >= 4 is 74.7 Å². The number of thiazole rings is 1. The van der Waals surface area contributed by atoms with Gasteiger partial charge in [0.05, 0.1) is 12.3 Å². The van der Waals surface area contributed by atoms with Gasteiger partial charge in [0, 0.05) is 6.54 Å². The van der Waals surface area contributed by atoms with Crippen LogP contribution in [0.5, 0.6) is 0 Å². The third kappa shape index (κ3) is 4.34. The average molecular weight is 578 g/mol. The fourth-order valence-corrected chi connectivity index (χ4v) is 7.12. The number of ether oxygens (including phenoxy) is 1. The van der Waals surface area contributed by atoms with E-state index in [2.05, 4.69) is 15.5 Å². The lowest BCUT2D eigenvalue weighted by Crippen LogP contribution is -2.80. The molecule has 3 fully saturated rings. The van der Waals surface area contributed by atoms with Gasteiger partial charge in [-0.05, 0) is 25.0 Å². The van der Waals surface area contributed by atoms with Gasteiger partial charge in [-0.15, -0.1) is 0 Å². The first kappa shape index (κ1) is 26.9. The van der Waals surface area contributed by atoms with E-state index in [1.54, 1.807) is 0 Å². The maximum Gasteiger partial charge on any atom is 0.371 e. The zero-order valence-electron chi connectivity index (χ0n) is 19.1. The number of halogens is 1. The average Bonchev–Trinajstić information content (AvgIpc) is 3.30. The van der Waals surface area contributed by atoms with E-state index >= 15 is 0 Å². The molecule has 18 heteroatoms. The monoisotopic (exact) mass is 577 g/mol. The highest BCUT2D eigenvalue weighted by molar-refractivity contribution is 7.92. The van der Waals surface area contributed by atoms with Gasteiger partial charge in [0.2, 0.25) is 16.9 Å². The maximum atomic E-state index is 13.0. The Morgan fingerprint density at radius 1 is 1.43 bits per heavy atom. The van der Waals surface area contributed by atoms with Crippen LogP contribution in [0, 0.1) is 11.8 Å². The molecule has 4 rings (SSSR count). The highest BCUT2D eigenvalue weighted by Gasteiger charge is 2.75. The van der Waals surface area contributed by atoms with Gasteiger partial charge in [0.15, 0.2) is 10.8 Å². The predicted octanol–water partition coefficient (Wildman–Crippen LogP) is -1.03. The standard InChI is InChI=1S/C19H20ClN5O10S2/c1-18(2,15(29)30)35-24-10(9-11(20)36-17(21)23-9)12(27)22-4-7-13(28)25-14(7)37(33)5-6-3-8(26)34-19(6,25)16(31)32/h6-7,14H,3-5H2,1-2H3,(H2,21,23)(H,22,27)(H,29,30)(H,31,32)/b24-10-/t6-,7+,14+,19+,37-/m0/s1. The van der Waals surface area contributed by atoms with Gasteiger partial charge in [-0.2, -0.15) is 0 Å². The Hall–Kier alpha value is -3.15. The van der Waals surface area contributed by atoms with Crippen LogP contribution in [-0.4, -0.2) is 89.1 Å². The molecule has 3 aliphatic heterocycles. The predicted molar refractivity (Wildman–Crippen MR) is 126 cm³/mol. The van der Waals surface area contributed by atoms with Crippen LogP contribution in [-0.2, 0) is 44.7 Å². The molecule has 0 aromatic carbocycles. The molecule has 0 radical (unpaired) electrons. The minimum atomic E-state index is -2.25. The molecule has 3 aliphatic rings. The first-order valence-electron chi connectivity index (χ1n) is 10.6. The quantitative estimate of drug-likeness (QED) is 0.0954. The molecule has 0 bridgehead atoms. The molecule has 2 amide bonds. The zero-order chi connectivity index (χ0) is 27.4. The fraction of sp³-hybridized carbons (Fsp3) is 0.526. The highest BCUT2D eigenvalue weighted by Crippen LogP contribution is 2.50. The molecule has 4 heterocycles. The third-order valence-corrected chi connectivity index (χ3v) is 8.99. The normalized spacial score (nSPS) is 29.1. The molecule has 0 aliphatic carbocycles. The lowest BCUT2D eigenvalue weighted by molar-refractivity contribution is -0.220. The number of nitrogens with zero attached hydrogens (tertiary/aromatic N) is 3. The molecule has 200 valence electrons. The number of nitrogens with one attached hydrogen (secondary N) is 1. The Kier molecular flexibility index (Phi) is 6.76. The van der Waals surface area contributed by atoms with Crippen molar-refractivity contribution in [3.63, 3.8) is 0 Å². The first-order chi connectivity index (χ1) is 17.2. The summed E-state index contributed by atoms with van der Waals surface area (Å²) in [5, 5.41) is 23.9.